The van der Waals surface area contributed by atoms with E-state index in [9.17, 15) is 4.57 Å². The molecular formula is C11H22O3P+. The molecule has 0 amide bonds. The summed E-state index contributed by atoms with van der Waals surface area (Å²) in [4.78, 5) is 0. The van der Waals surface area contributed by atoms with Crippen LogP contribution in [0.15, 0.2) is 18.9 Å². The highest BCUT2D eigenvalue weighted by molar-refractivity contribution is 7.33. The van der Waals surface area contributed by atoms with E-state index in [2.05, 4.69) is 18.9 Å². The van der Waals surface area contributed by atoms with Crippen molar-refractivity contribution in [2.24, 2.45) is 0 Å². The fourth-order valence-electron chi connectivity index (χ4n) is 0.466. The Labute approximate surface area is 94.1 Å². The van der Waals surface area contributed by atoms with Gasteiger partial charge in [-0.15, -0.1) is 14.8 Å². The molecule has 0 atom stereocenters. The SMILES string of the molecule is C=C=C.CC(C)(C)O[P+](=O)OC(C)(C)C. The van der Waals surface area contributed by atoms with Crippen molar-refractivity contribution >= 4 is 8.25 Å². The van der Waals surface area contributed by atoms with Crippen LogP contribution >= 0.6 is 8.25 Å². The second-order valence-electron chi connectivity index (χ2n) is 4.88. The van der Waals surface area contributed by atoms with Gasteiger partial charge >= 0.3 is 8.25 Å². The molecular weight excluding hydrogens is 211 g/mol. The van der Waals surface area contributed by atoms with E-state index in [1.54, 1.807) is 0 Å². The van der Waals surface area contributed by atoms with Gasteiger partial charge < -0.3 is 0 Å². The fraction of sp³-hybridized carbons (Fsp3) is 0.727. The molecule has 0 saturated carbocycles. The van der Waals surface area contributed by atoms with Gasteiger partial charge in [-0.3, -0.25) is 0 Å². The summed E-state index contributed by atoms with van der Waals surface area (Å²) >= 11 is 0. The van der Waals surface area contributed by atoms with Gasteiger partial charge in [0, 0.05) is 4.57 Å². The molecule has 0 radical (unpaired) electrons. The Kier molecular flexibility index (Phi) is 7.82. The summed E-state index contributed by atoms with van der Waals surface area (Å²) in [6, 6.07) is 0. The maximum Gasteiger partial charge on any atom is 0.698 e. The van der Waals surface area contributed by atoms with Crippen LogP contribution in [0.1, 0.15) is 41.5 Å². The summed E-state index contributed by atoms with van der Waals surface area (Å²) in [6.45, 7) is 17.3. The first-order valence-corrected chi connectivity index (χ1v) is 5.76. The fourth-order valence-corrected chi connectivity index (χ4v) is 1.40. The van der Waals surface area contributed by atoms with Gasteiger partial charge in [-0.2, -0.15) is 0 Å². The molecule has 0 aliphatic heterocycles. The first-order chi connectivity index (χ1) is 6.52. The lowest BCUT2D eigenvalue weighted by molar-refractivity contribution is 0.0634. The summed E-state index contributed by atoms with van der Waals surface area (Å²) in [7, 11) is -2.01. The van der Waals surface area contributed by atoms with Crippen molar-refractivity contribution in [2.75, 3.05) is 0 Å². The van der Waals surface area contributed by atoms with Crippen LogP contribution in [0.3, 0.4) is 0 Å². The van der Waals surface area contributed by atoms with Crippen LogP contribution in [-0.4, -0.2) is 11.2 Å². The van der Waals surface area contributed by atoms with Gasteiger partial charge in [-0.05, 0) is 41.5 Å². The molecule has 88 valence electrons. The average molecular weight is 233 g/mol. The van der Waals surface area contributed by atoms with Crippen LogP contribution in [0, 0.1) is 0 Å². The third-order valence-corrected chi connectivity index (χ3v) is 2.09. The van der Waals surface area contributed by atoms with Crippen LogP contribution in [0.5, 0.6) is 0 Å². The van der Waals surface area contributed by atoms with E-state index in [0.717, 1.165) is 0 Å². The molecule has 0 unspecified atom stereocenters. The van der Waals surface area contributed by atoms with Crippen molar-refractivity contribution in [3.05, 3.63) is 18.9 Å². The highest BCUT2D eigenvalue weighted by Gasteiger charge is 2.34. The summed E-state index contributed by atoms with van der Waals surface area (Å²) < 4.78 is 21.4. The minimum absolute atomic E-state index is 0.418. The first kappa shape index (κ1) is 17.0. The van der Waals surface area contributed by atoms with E-state index < -0.39 is 19.5 Å². The molecule has 4 heteroatoms. The van der Waals surface area contributed by atoms with E-state index in [1.165, 1.54) is 0 Å². The molecule has 0 heterocycles. The molecule has 0 spiro atoms. The zero-order valence-corrected chi connectivity index (χ0v) is 11.5. The second-order valence-corrected chi connectivity index (χ2v) is 5.69. The molecule has 0 N–H and O–H groups in total. The minimum Gasteiger partial charge on any atom is -0.137 e. The lowest BCUT2D eigenvalue weighted by atomic mass is 10.2. The zero-order chi connectivity index (χ0) is 12.7. The third-order valence-electron chi connectivity index (χ3n) is 0.697. The minimum atomic E-state index is -2.01. The summed E-state index contributed by atoms with van der Waals surface area (Å²) in [5.41, 5.74) is 1.41. The van der Waals surface area contributed by atoms with Crippen LogP contribution in [0.4, 0.5) is 0 Å². The monoisotopic (exact) mass is 233 g/mol. The van der Waals surface area contributed by atoms with Crippen molar-refractivity contribution in [1.29, 1.82) is 0 Å². The van der Waals surface area contributed by atoms with Crippen LogP contribution in [0.25, 0.3) is 0 Å². The highest BCUT2D eigenvalue weighted by Crippen LogP contribution is 2.35. The Morgan fingerprint density at radius 1 is 0.933 bits per heavy atom. The molecule has 0 aliphatic carbocycles. The Morgan fingerprint density at radius 3 is 1.27 bits per heavy atom. The van der Waals surface area contributed by atoms with E-state index >= 15 is 0 Å². The van der Waals surface area contributed by atoms with Crippen molar-refractivity contribution < 1.29 is 13.6 Å². The van der Waals surface area contributed by atoms with Crippen LogP contribution in [-0.2, 0) is 13.6 Å². The summed E-state index contributed by atoms with van der Waals surface area (Å²) in [5.74, 6) is 0. The lowest BCUT2D eigenvalue weighted by Gasteiger charge is -2.12. The smallest absolute Gasteiger partial charge is 0.137 e. The molecule has 3 nitrogen and oxygen atoms in total. The average Bonchev–Trinajstić information content (AvgIpc) is 1.77. The Morgan fingerprint density at radius 2 is 1.13 bits per heavy atom. The number of hydrogen-bond donors (Lipinski definition) is 0. The molecule has 0 bridgehead atoms. The molecule has 0 saturated heterocycles. The second kappa shape index (κ2) is 6.92. The Balaban J connectivity index is 0. The summed E-state index contributed by atoms with van der Waals surface area (Å²) in [6.07, 6.45) is 0. The van der Waals surface area contributed by atoms with Crippen molar-refractivity contribution in [1.82, 2.24) is 0 Å². The molecule has 0 aliphatic rings. The van der Waals surface area contributed by atoms with Crippen molar-refractivity contribution in [3.8, 4) is 0 Å². The number of rotatable bonds is 2. The maximum absolute atomic E-state index is 11.2. The molecule has 0 aromatic heterocycles. The summed E-state index contributed by atoms with van der Waals surface area (Å²) in [5, 5.41) is 0. The van der Waals surface area contributed by atoms with Crippen molar-refractivity contribution in [3.63, 3.8) is 0 Å². The highest BCUT2D eigenvalue weighted by atomic mass is 31.1. The molecule has 0 aromatic rings. The van der Waals surface area contributed by atoms with Gasteiger partial charge in [0.15, 0.2) is 0 Å². The maximum atomic E-state index is 11.2. The van der Waals surface area contributed by atoms with Crippen LogP contribution in [0.2, 0.25) is 0 Å². The molecule has 15 heavy (non-hydrogen) atoms. The van der Waals surface area contributed by atoms with Gasteiger partial charge in [-0.25, -0.2) is 0 Å². The Bertz CT molecular complexity index is 209. The Hall–Kier alpha value is -0.460. The van der Waals surface area contributed by atoms with Gasteiger partial charge in [0.25, 0.3) is 0 Å². The largest absolute Gasteiger partial charge is 0.698 e. The predicted molar refractivity (Wildman–Crippen MR) is 64.0 cm³/mol. The van der Waals surface area contributed by atoms with Gasteiger partial charge in [0.2, 0.25) is 0 Å². The molecule has 0 aromatic carbocycles. The van der Waals surface area contributed by atoms with Crippen molar-refractivity contribution in [2.45, 2.75) is 52.7 Å². The van der Waals surface area contributed by atoms with Gasteiger partial charge in [0.05, 0.1) is 0 Å². The van der Waals surface area contributed by atoms with E-state index in [4.69, 9.17) is 9.05 Å². The predicted octanol–water partition coefficient (Wildman–Crippen LogP) is 4.23. The number of hydrogen-bond acceptors (Lipinski definition) is 3. The normalized spacial score (nSPS) is 11.1. The third kappa shape index (κ3) is 19.8. The van der Waals surface area contributed by atoms with E-state index in [-0.39, 0.29) is 0 Å². The van der Waals surface area contributed by atoms with E-state index in [0.29, 0.717) is 0 Å². The topological polar surface area (TPSA) is 35.5 Å². The quantitative estimate of drug-likeness (QED) is 0.528. The standard InChI is InChI=1S/C8H18O3P.C3H4/c1-7(2,3)10-12(9)11-8(4,5)6;1-3-2/h1-6H3;1-2H2/q+1;. The van der Waals surface area contributed by atoms with Gasteiger partial charge in [0.1, 0.15) is 11.2 Å². The molecule has 0 rings (SSSR count). The zero-order valence-electron chi connectivity index (χ0n) is 10.6. The lowest BCUT2D eigenvalue weighted by Crippen LogP contribution is -2.19. The molecule has 0 fully saturated rings. The van der Waals surface area contributed by atoms with Crippen LogP contribution < -0.4 is 0 Å². The first-order valence-electron chi connectivity index (χ1n) is 4.66. The van der Waals surface area contributed by atoms with Gasteiger partial charge in [-0.1, -0.05) is 13.2 Å². The van der Waals surface area contributed by atoms with E-state index in [1.807, 2.05) is 41.5 Å².